The highest BCUT2D eigenvalue weighted by Gasteiger charge is 2.31. The molecule has 0 aromatic rings. The van der Waals surface area contributed by atoms with Crippen molar-refractivity contribution >= 4 is 10.2 Å². The van der Waals surface area contributed by atoms with Crippen LogP contribution in [0.5, 0.6) is 0 Å². The molecule has 0 radical (unpaired) electrons. The number of nitrogens with one attached hydrogen (secondary N) is 1. The van der Waals surface area contributed by atoms with Crippen LogP contribution in [0.1, 0.15) is 39.5 Å². The van der Waals surface area contributed by atoms with E-state index in [0.717, 1.165) is 32.3 Å². The van der Waals surface area contributed by atoms with Gasteiger partial charge in [-0.15, -0.1) is 0 Å². The summed E-state index contributed by atoms with van der Waals surface area (Å²) in [5, 5.41) is 0. The van der Waals surface area contributed by atoms with Crippen LogP contribution in [-0.2, 0) is 14.9 Å². The molecular weight excluding hydrogens is 252 g/mol. The fourth-order valence-electron chi connectivity index (χ4n) is 2.61. The lowest BCUT2D eigenvalue weighted by Gasteiger charge is -2.31. The van der Waals surface area contributed by atoms with E-state index >= 15 is 0 Å². The lowest BCUT2D eigenvalue weighted by molar-refractivity contribution is 0.0894. The van der Waals surface area contributed by atoms with Crippen LogP contribution in [0.3, 0.4) is 0 Å². The lowest BCUT2D eigenvalue weighted by atomic mass is 10.0. The molecule has 2 rings (SSSR count). The molecule has 0 amide bonds. The van der Waals surface area contributed by atoms with E-state index in [0.29, 0.717) is 19.0 Å². The van der Waals surface area contributed by atoms with Crippen molar-refractivity contribution in [3.05, 3.63) is 0 Å². The number of hydrogen-bond donors (Lipinski definition) is 1. The zero-order valence-electron chi connectivity index (χ0n) is 11.3. The molecule has 2 aliphatic rings. The molecule has 2 aliphatic heterocycles. The summed E-state index contributed by atoms with van der Waals surface area (Å²) in [6.45, 7) is 6.08. The molecule has 2 heterocycles. The van der Waals surface area contributed by atoms with Crippen molar-refractivity contribution in [2.24, 2.45) is 5.92 Å². The van der Waals surface area contributed by atoms with Gasteiger partial charge in [-0.25, -0.2) is 0 Å². The summed E-state index contributed by atoms with van der Waals surface area (Å²) in [6.07, 6.45) is 3.91. The quantitative estimate of drug-likeness (QED) is 0.837. The van der Waals surface area contributed by atoms with E-state index in [4.69, 9.17) is 4.74 Å². The molecule has 0 bridgehead atoms. The summed E-state index contributed by atoms with van der Waals surface area (Å²) in [7, 11) is -3.34. The summed E-state index contributed by atoms with van der Waals surface area (Å²) >= 11 is 0. The first kappa shape index (κ1) is 14.2. The van der Waals surface area contributed by atoms with Crippen LogP contribution in [0.25, 0.3) is 0 Å². The Hall–Kier alpha value is -0.170. The zero-order valence-corrected chi connectivity index (χ0v) is 12.1. The van der Waals surface area contributed by atoms with Crippen LogP contribution in [0, 0.1) is 5.92 Å². The van der Waals surface area contributed by atoms with E-state index in [-0.39, 0.29) is 12.1 Å². The third-order valence-corrected chi connectivity index (χ3v) is 5.65. The van der Waals surface area contributed by atoms with E-state index in [2.05, 4.69) is 11.6 Å². The minimum absolute atomic E-state index is 0.0310. The van der Waals surface area contributed by atoms with Gasteiger partial charge in [0.2, 0.25) is 0 Å². The van der Waals surface area contributed by atoms with Crippen molar-refractivity contribution in [1.82, 2.24) is 9.03 Å². The number of nitrogens with zero attached hydrogens (tertiary/aromatic N) is 1. The average molecular weight is 276 g/mol. The molecule has 0 spiro atoms. The standard InChI is InChI=1S/C12H24N2O3S/c1-10-5-7-14(8-6-10)18(15,16)13-11(2)12-4-3-9-17-12/h10-13H,3-9H2,1-2H3/t11-,12+/m1/s1. The summed E-state index contributed by atoms with van der Waals surface area (Å²) in [5.74, 6) is 0.632. The Bertz CT molecular complexity index is 358. The van der Waals surface area contributed by atoms with Gasteiger partial charge in [-0.1, -0.05) is 6.92 Å². The Morgan fingerprint density at radius 1 is 1.28 bits per heavy atom. The minimum atomic E-state index is -3.34. The highest BCUT2D eigenvalue weighted by atomic mass is 32.2. The molecule has 0 saturated carbocycles. The molecule has 1 N–H and O–H groups in total. The maximum Gasteiger partial charge on any atom is 0.279 e. The number of ether oxygens (including phenoxy) is 1. The van der Waals surface area contributed by atoms with Gasteiger partial charge in [-0.2, -0.15) is 17.4 Å². The van der Waals surface area contributed by atoms with Crippen LogP contribution >= 0.6 is 0 Å². The SMILES string of the molecule is CC1CCN(S(=O)(=O)N[C@H](C)[C@@H]2CCCO2)CC1. The highest BCUT2D eigenvalue weighted by Crippen LogP contribution is 2.20. The van der Waals surface area contributed by atoms with Gasteiger partial charge in [0, 0.05) is 25.7 Å². The van der Waals surface area contributed by atoms with Gasteiger partial charge in [0.1, 0.15) is 0 Å². The van der Waals surface area contributed by atoms with E-state index in [1.807, 2.05) is 6.92 Å². The maximum absolute atomic E-state index is 12.2. The van der Waals surface area contributed by atoms with Crippen LogP contribution in [-0.4, -0.2) is 44.6 Å². The monoisotopic (exact) mass is 276 g/mol. The second-order valence-corrected chi connectivity index (χ2v) is 7.25. The van der Waals surface area contributed by atoms with Crippen molar-refractivity contribution < 1.29 is 13.2 Å². The molecule has 5 nitrogen and oxygen atoms in total. The number of hydrogen-bond acceptors (Lipinski definition) is 3. The van der Waals surface area contributed by atoms with Gasteiger partial charge in [0.25, 0.3) is 10.2 Å². The van der Waals surface area contributed by atoms with E-state index < -0.39 is 10.2 Å². The topological polar surface area (TPSA) is 58.6 Å². The van der Waals surface area contributed by atoms with Crippen molar-refractivity contribution in [3.63, 3.8) is 0 Å². The van der Waals surface area contributed by atoms with Crippen molar-refractivity contribution in [2.45, 2.75) is 51.7 Å². The molecular formula is C12H24N2O3S. The second kappa shape index (κ2) is 5.86. The Morgan fingerprint density at radius 3 is 2.50 bits per heavy atom. The van der Waals surface area contributed by atoms with E-state index in [1.54, 1.807) is 4.31 Å². The summed E-state index contributed by atoms with van der Waals surface area (Å²) < 4.78 is 34.3. The summed E-state index contributed by atoms with van der Waals surface area (Å²) in [4.78, 5) is 0. The first-order valence-corrected chi connectivity index (χ1v) is 8.32. The predicted molar refractivity (Wildman–Crippen MR) is 70.5 cm³/mol. The van der Waals surface area contributed by atoms with Crippen LogP contribution in [0.2, 0.25) is 0 Å². The molecule has 18 heavy (non-hydrogen) atoms. The highest BCUT2D eigenvalue weighted by molar-refractivity contribution is 7.87. The Labute approximate surface area is 110 Å². The molecule has 0 aliphatic carbocycles. The number of rotatable bonds is 4. The van der Waals surface area contributed by atoms with Gasteiger partial charge >= 0.3 is 0 Å². The summed E-state index contributed by atoms with van der Waals surface area (Å²) in [5.41, 5.74) is 0. The predicted octanol–water partition coefficient (Wildman–Crippen LogP) is 1.12. The summed E-state index contributed by atoms with van der Waals surface area (Å²) in [6, 6.07) is -0.142. The number of piperidine rings is 1. The van der Waals surface area contributed by atoms with Crippen LogP contribution in [0.4, 0.5) is 0 Å². The first-order valence-electron chi connectivity index (χ1n) is 6.88. The van der Waals surface area contributed by atoms with Gasteiger partial charge in [0.05, 0.1) is 6.10 Å². The molecule has 2 saturated heterocycles. The molecule has 0 aromatic heterocycles. The smallest absolute Gasteiger partial charge is 0.279 e. The molecule has 0 unspecified atom stereocenters. The molecule has 6 heteroatoms. The van der Waals surface area contributed by atoms with E-state index in [1.165, 1.54) is 0 Å². The Morgan fingerprint density at radius 2 is 1.94 bits per heavy atom. The first-order chi connectivity index (χ1) is 8.49. The van der Waals surface area contributed by atoms with Gasteiger partial charge in [-0.3, -0.25) is 0 Å². The Balaban J connectivity index is 1.90. The molecule has 0 aromatic carbocycles. The van der Waals surface area contributed by atoms with Crippen molar-refractivity contribution in [1.29, 1.82) is 0 Å². The van der Waals surface area contributed by atoms with E-state index in [9.17, 15) is 8.42 Å². The largest absolute Gasteiger partial charge is 0.377 e. The fourth-order valence-corrected chi connectivity index (χ4v) is 4.07. The van der Waals surface area contributed by atoms with Gasteiger partial charge in [0.15, 0.2) is 0 Å². The normalized spacial score (nSPS) is 29.6. The van der Waals surface area contributed by atoms with Gasteiger partial charge < -0.3 is 4.74 Å². The minimum Gasteiger partial charge on any atom is -0.377 e. The lowest BCUT2D eigenvalue weighted by Crippen LogP contribution is -2.50. The molecule has 106 valence electrons. The zero-order chi connectivity index (χ0) is 13.2. The average Bonchev–Trinajstić information content (AvgIpc) is 2.82. The van der Waals surface area contributed by atoms with Crippen LogP contribution < -0.4 is 4.72 Å². The fraction of sp³-hybridized carbons (Fsp3) is 1.00. The second-order valence-electron chi connectivity index (χ2n) is 5.54. The maximum atomic E-state index is 12.2. The van der Waals surface area contributed by atoms with Gasteiger partial charge in [-0.05, 0) is 38.5 Å². The third kappa shape index (κ3) is 3.44. The molecule has 2 atom stereocenters. The van der Waals surface area contributed by atoms with Crippen molar-refractivity contribution in [3.8, 4) is 0 Å². The van der Waals surface area contributed by atoms with Crippen LogP contribution in [0.15, 0.2) is 0 Å². The Kier molecular flexibility index (Phi) is 4.64. The molecule has 2 fully saturated rings. The third-order valence-electron chi connectivity index (χ3n) is 3.94. The van der Waals surface area contributed by atoms with Crippen molar-refractivity contribution in [2.75, 3.05) is 19.7 Å².